The second-order valence-corrected chi connectivity index (χ2v) is 10.9. The topological polar surface area (TPSA) is 54.6 Å². The van der Waals surface area contributed by atoms with Crippen LogP contribution in [0, 0.1) is 11.2 Å². The van der Waals surface area contributed by atoms with Crippen LogP contribution in [0.15, 0.2) is 41.8 Å². The zero-order chi connectivity index (χ0) is 27.8. The Labute approximate surface area is 236 Å². The molecule has 39 heavy (non-hydrogen) atoms. The monoisotopic (exact) mass is 538 g/mol. The summed E-state index contributed by atoms with van der Waals surface area (Å²) in [5.74, 6) is 1.13. The van der Waals surface area contributed by atoms with Gasteiger partial charge in [0.2, 0.25) is 0 Å². The summed E-state index contributed by atoms with van der Waals surface area (Å²) in [6.45, 7) is 19.3. The summed E-state index contributed by atoms with van der Waals surface area (Å²) in [6.07, 6.45) is 11.3. The van der Waals surface area contributed by atoms with E-state index in [1.807, 2.05) is 40.7 Å². The van der Waals surface area contributed by atoms with Gasteiger partial charge in [-0.25, -0.2) is 4.39 Å². The molecular weight excluding hydrogens is 487 g/mol. The highest BCUT2D eigenvalue weighted by Crippen LogP contribution is 2.43. The van der Waals surface area contributed by atoms with Gasteiger partial charge in [0.25, 0.3) is 0 Å². The molecule has 0 saturated carbocycles. The summed E-state index contributed by atoms with van der Waals surface area (Å²) in [5.41, 5.74) is 5.73. The molecule has 2 unspecified atom stereocenters. The van der Waals surface area contributed by atoms with Gasteiger partial charge < -0.3 is 31.1 Å². The quantitative estimate of drug-likeness (QED) is 0.436. The maximum Gasteiger partial charge on any atom is 0.127 e. The van der Waals surface area contributed by atoms with Crippen molar-refractivity contribution in [3.05, 3.63) is 58.7 Å². The lowest BCUT2D eigenvalue weighted by Crippen LogP contribution is -2.47. The number of piperazine rings is 1. The maximum absolute atomic E-state index is 14.9. The lowest BCUT2D eigenvalue weighted by Gasteiger charge is -2.37. The summed E-state index contributed by atoms with van der Waals surface area (Å²) in [6, 6.07) is 3.91. The first kappa shape index (κ1) is 29.5. The van der Waals surface area contributed by atoms with Gasteiger partial charge in [-0.15, -0.1) is 0 Å². The van der Waals surface area contributed by atoms with E-state index >= 15 is 0 Å². The Kier molecular flexibility index (Phi) is 10.4. The van der Waals surface area contributed by atoms with Gasteiger partial charge >= 0.3 is 0 Å². The summed E-state index contributed by atoms with van der Waals surface area (Å²) >= 11 is 0. The third kappa shape index (κ3) is 6.46. The molecule has 5 aliphatic heterocycles. The number of benzene rings is 1. The van der Waals surface area contributed by atoms with Crippen molar-refractivity contribution in [2.45, 2.75) is 66.3 Å². The van der Waals surface area contributed by atoms with E-state index in [1.165, 1.54) is 36.4 Å². The Bertz CT molecular complexity index is 1050. The van der Waals surface area contributed by atoms with Gasteiger partial charge in [-0.3, -0.25) is 0 Å². The van der Waals surface area contributed by atoms with Crippen molar-refractivity contribution in [2.75, 3.05) is 64.2 Å². The van der Waals surface area contributed by atoms with Crippen LogP contribution in [0.1, 0.15) is 65.0 Å². The average molecular weight is 539 g/mol. The lowest BCUT2D eigenvalue weighted by atomic mass is 9.80. The standard InChI is InChI=1S/C28H39FN6.2C2H6/c1-2-20-14-25-22(15-23(20)29)26(35-11-7-28(19-35)6-3-8-31-18-28)16-24(33-25)21-4-5-27(32-17-21)34-12-9-30-10-13-34;2*1-2/h4-5,14-16,24,30-33H,2-3,6-13,17-19H2,1H3;2*1-2H3. The first-order chi connectivity index (χ1) is 19.1. The molecule has 6 nitrogen and oxygen atoms in total. The second-order valence-electron chi connectivity index (χ2n) is 10.9. The molecule has 3 fully saturated rings. The molecule has 4 N–H and O–H groups in total. The largest absolute Gasteiger partial charge is 0.374 e. The van der Waals surface area contributed by atoms with Crippen LogP contribution in [-0.4, -0.2) is 74.7 Å². The highest BCUT2D eigenvalue weighted by Gasteiger charge is 2.41. The van der Waals surface area contributed by atoms with E-state index in [0.29, 0.717) is 11.8 Å². The highest BCUT2D eigenvalue weighted by atomic mass is 19.1. The minimum atomic E-state index is -0.0900. The second kappa shape index (κ2) is 13.7. The molecule has 6 rings (SSSR count). The predicted octanol–water partition coefficient (Wildman–Crippen LogP) is 4.93. The number of likely N-dealkylation sites (tertiary alicyclic amines) is 1. The fourth-order valence-electron chi connectivity index (χ4n) is 6.51. The summed E-state index contributed by atoms with van der Waals surface area (Å²) < 4.78 is 14.9. The van der Waals surface area contributed by atoms with Crippen LogP contribution in [0.25, 0.3) is 5.70 Å². The van der Waals surface area contributed by atoms with Gasteiger partial charge in [0.15, 0.2) is 0 Å². The Balaban J connectivity index is 0.000000845. The van der Waals surface area contributed by atoms with Crippen molar-refractivity contribution >= 4 is 11.4 Å². The lowest BCUT2D eigenvalue weighted by molar-refractivity contribution is 0.221. The summed E-state index contributed by atoms with van der Waals surface area (Å²) in [5, 5.41) is 14.5. The Morgan fingerprint density at radius 3 is 2.41 bits per heavy atom. The molecule has 3 saturated heterocycles. The molecule has 1 spiro atoms. The molecule has 1 aromatic rings. The van der Waals surface area contributed by atoms with Crippen molar-refractivity contribution < 1.29 is 4.39 Å². The Morgan fingerprint density at radius 2 is 1.74 bits per heavy atom. The molecule has 0 aliphatic carbocycles. The fourth-order valence-corrected chi connectivity index (χ4v) is 6.51. The number of halogens is 1. The smallest absolute Gasteiger partial charge is 0.127 e. The van der Waals surface area contributed by atoms with Crippen LogP contribution >= 0.6 is 0 Å². The van der Waals surface area contributed by atoms with Crippen molar-refractivity contribution in [1.82, 2.24) is 25.8 Å². The molecule has 5 heterocycles. The van der Waals surface area contributed by atoms with Crippen molar-refractivity contribution in [1.29, 1.82) is 0 Å². The van der Waals surface area contributed by atoms with Crippen molar-refractivity contribution in [2.24, 2.45) is 5.41 Å². The third-order valence-corrected chi connectivity index (χ3v) is 8.60. The highest BCUT2D eigenvalue weighted by molar-refractivity contribution is 5.81. The molecule has 5 aliphatic rings. The molecule has 2 atom stereocenters. The molecule has 0 bridgehead atoms. The molecule has 0 amide bonds. The number of nitrogens with one attached hydrogen (secondary N) is 4. The van der Waals surface area contributed by atoms with Crippen molar-refractivity contribution in [3.8, 4) is 0 Å². The van der Waals surface area contributed by atoms with Crippen LogP contribution in [0.4, 0.5) is 10.1 Å². The number of piperidine rings is 1. The number of hydrogen-bond donors (Lipinski definition) is 4. The van der Waals surface area contributed by atoms with Gasteiger partial charge in [0, 0.05) is 74.7 Å². The van der Waals surface area contributed by atoms with Crippen LogP contribution in [0.2, 0.25) is 0 Å². The van der Waals surface area contributed by atoms with Crippen molar-refractivity contribution in [3.63, 3.8) is 0 Å². The molecule has 7 heteroatoms. The first-order valence-corrected chi connectivity index (χ1v) is 15.5. The summed E-state index contributed by atoms with van der Waals surface area (Å²) in [4.78, 5) is 4.95. The number of fused-ring (bicyclic) bond motifs is 1. The molecule has 1 aromatic carbocycles. The Hall–Kier alpha value is -2.51. The molecule has 216 valence electrons. The van der Waals surface area contributed by atoms with E-state index in [0.717, 1.165) is 75.7 Å². The fraction of sp³-hybridized carbons (Fsp3) is 0.625. The van der Waals surface area contributed by atoms with E-state index in [-0.39, 0.29) is 11.9 Å². The van der Waals surface area contributed by atoms with E-state index in [1.54, 1.807) is 6.07 Å². The minimum absolute atomic E-state index is 0.0900. The van der Waals surface area contributed by atoms with Crippen LogP contribution < -0.4 is 21.3 Å². The van der Waals surface area contributed by atoms with E-state index < -0.39 is 0 Å². The number of anilines is 1. The SMILES string of the molecule is CC.CC.CCc1cc2c(cc1F)C(N1CCC3(CCCNC3)C1)=CC(C1=CC=C(N3CCNCC3)NC1)N2. The molecular formula is C32H51FN6. The van der Waals surface area contributed by atoms with Gasteiger partial charge in [-0.05, 0) is 67.6 Å². The number of aryl methyl sites for hydroxylation is 1. The Morgan fingerprint density at radius 1 is 0.949 bits per heavy atom. The van der Waals surface area contributed by atoms with E-state index in [9.17, 15) is 4.39 Å². The van der Waals surface area contributed by atoms with Crippen LogP contribution in [-0.2, 0) is 6.42 Å². The first-order valence-electron chi connectivity index (χ1n) is 15.5. The molecule has 0 radical (unpaired) electrons. The van der Waals surface area contributed by atoms with Gasteiger partial charge in [-0.1, -0.05) is 40.7 Å². The third-order valence-electron chi connectivity index (χ3n) is 8.60. The number of hydrogen-bond acceptors (Lipinski definition) is 6. The number of nitrogens with zero attached hydrogens (tertiary/aromatic N) is 2. The van der Waals surface area contributed by atoms with Crippen LogP contribution in [0.3, 0.4) is 0 Å². The van der Waals surface area contributed by atoms with Gasteiger partial charge in [0.1, 0.15) is 11.6 Å². The maximum atomic E-state index is 14.9. The van der Waals surface area contributed by atoms with Crippen LogP contribution in [0.5, 0.6) is 0 Å². The zero-order valence-electron chi connectivity index (χ0n) is 24.9. The summed E-state index contributed by atoms with van der Waals surface area (Å²) in [7, 11) is 0. The number of allylic oxidation sites excluding steroid dienone is 2. The van der Waals surface area contributed by atoms with E-state index in [4.69, 9.17) is 0 Å². The van der Waals surface area contributed by atoms with Gasteiger partial charge in [0.05, 0.1) is 6.04 Å². The van der Waals surface area contributed by atoms with Gasteiger partial charge in [-0.2, -0.15) is 0 Å². The molecule has 0 aromatic heterocycles. The van der Waals surface area contributed by atoms with E-state index in [2.05, 4.69) is 49.3 Å². The number of dihydropyridines is 1. The average Bonchev–Trinajstić information content (AvgIpc) is 3.42. The predicted molar refractivity (Wildman–Crippen MR) is 163 cm³/mol. The normalized spacial score (nSPS) is 26.0. The zero-order valence-corrected chi connectivity index (χ0v) is 24.9. The number of rotatable bonds is 4. The minimum Gasteiger partial charge on any atom is -0.374 e.